The number of hydrogen-bond donors (Lipinski definition) is 1. The minimum absolute atomic E-state index is 0.603. The van der Waals surface area contributed by atoms with E-state index in [1.807, 2.05) is 0 Å². The molecular formula is C13H29NO4. The predicted molar refractivity (Wildman–Crippen MR) is 72.0 cm³/mol. The first-order valence-electron chi connectivity index (χ1n) is 6.70. The van der Waals surface area contributed by atoms with Gasteiger partial charge in [-0.05, 0) is 5.92 Å². The Labute approximate surface area is 111 Å². The lowest BCUT2D eigenvalue weighted by Crippen LogP contribution is -2.25. The number of methoxy groups -OCH3 is 1. The summed E-state index contributed by atoms with van der Waals surface area (Å²) in [5, 5.41) is 3.26. The number of hydrogen-bond acceptors (Lipinski definition) is 5. The highest BCUT2D eigenvalue weighted by atomic mass is 16.5. The molecule has 0 spiro atoms. The van der Waals surface area contributed by atoms with Gasteiger partial charge in [0.05, 0.1) is 39.6 Å². The van der Waals surface area contributed by atoms with Crippen LogP contribution in [0.2, 0.25) is 0 Å². The van der Waals surface area contributed by atoms with Crippen molar-refractivity contribution in [3.05, 3.63) is 0 Å². The van der Waals surface area contributed by atoms with E-state index in [0.717, 1.165) is 26.3 Å². The molecule has 0 aromatic carbocycles. The highest BCUT2D eigenvalue weighted by molar-refractivity contribution is 4.46. The molecule has 0 amide bonds. The molecule has 0 aromatic heterocycles. The van der Waals surface area contributed by atoms with Crippen LogP contribution in [-0.4, -0.2) is 66.4 Å². The Kier molecular flexibility index (Phi) is 14.7. The summed E-state index contributed by atoms with van der Waals surface area (Å²) in [5.41, 5.74) is 0. The van der Waals surface area contributed by atoms with Crippen LogP contribution in [0.1, 0.15) is 13.8 Å². The Morgan fingerprint density at radius 3 is 1.94 bits per heavy atom. The van der Waals surface area contributed by atoms with Crippen LogP contribution in [-0.2, 0) is 18.9 Å². The van der Waals surface area contributed by atoms with Gasteiger partial charge in [-0.1, -0.05) is 13.8 Å². The molecule has 0 fully saturated rings. The molecule has 0 atom stereocenters. The van der Waals surface area contributed by atoms with Crippen LogP contribution in [0.5, 0.6) is 0 Å². The second-order valence-electron chi connectivity index (χ2n) is 4.44. The molecule has 0 unspecified atom stereocenters. The molecule has 0 aromatic rings. The molecule has 0 saturated heterocycles. The van der Waals surface area contributed by atoms with Gasteiger partial charge in [0.25, 0.3) is 0 Å². The van der Waals surface area contributed by atoms with E-state index in [4.69, 9.17) is 18.9 Å². The maximum atomic E-state index is 5.44. The lowest BCUT2D eigenvalue weighted by atomic mass is 10.2. The van der Waals surface area contributed by atoms with Crippen LogP contribution in [0.15, 0.2) is 0 Å². The van der Waals surface area contributed by atoms with Gasteiger partial charge in [-0.15, -0.1) is 0 Å². The molecule has 0 heterocycles. The van der Waals surface area contributed by atoms with Gasteiger partial charge in [0.1, 0.15) is 0 Å². The van der Waals surface area contributed by atoms with Crippen LogP contribution >= 0.6 is 0 Å². The predicted octanol–water partition coefficient (Wildman–Crippen LogP) is 0.928. The van der Waals surface area contributed by atoms with Crippen LogP contribution < -0.4 is 5.32 Å². The minimum atomic E-state index is 0.603. The van der Waals surface area contributed by atoms with E-state index in [0.29, 0.717) is 39.0 Å². The van der Waals surface area contributed by atoms with E-state index >= 15 is 0 Å². The Hall–Kier alpha value is -0.200. The Morgan fingerprint density at radius 2 is 1.33 bits per heavy atom. The summed E-state index contributed by atoms with van der Waals surface area (Å²) in [6, 6.07) is 0. The summed E-state index contributed by atoms with van der Waals surface area (Å²) in [6.07, 6.45) is 0. The summed E-state index contributed by atoms with van der Waals surface area (Å²) < 4.78 is 21.0. The van der Waals surface area contributed by atoms with E-state index < -0.39 is 0 Å². The molecule has 0 rings (SSSR count). The zero-order valence-electron chi connectivity index (χ0n) is 12.1. The number of ether oxygens (including phenoxy) is 4. The summed E-state index contributed by atoms with van der Waals surface area (Å²) in [4.78, 5) is 0. The van der Waals surface area contributed by atoms with Crippen molar-refractivity contribution in [2.45, 2.75) is 13.8 Å². The van der Waals surface area contributed by atoms with E-state index in [2.05, 4.69) is 19.2 Å². The van der Waals surface area contributed by atoms with Crippen molar-refractivity contribution in [3.8, 4) is 0 Å². The molecule has 1 N–H and O–H groups in total. The van der Waals surface area contributed by atoms with Gasteiger partial charge < -0.3 is 24.3 Å². The first-order valence-corrected chi connectivity index (χ1v) is 6.70. The van der Waals surface area contributed by atoms with E-state index in [1.54, 1.807) is 7.11 Å². The Balaban J connectivity index is 2.90. The molecule has 0 saturated carbocycles. The molecule has 0 aliphatic rings. The fourth-order valence-corrected chi connectivity index (χ4v) is 1.20. The van der Waals surface area contributed by atoms with Gasteiger partial charge in [-0.3, -0.25) is 0 Å². The van der Waals surface area contributed by atoms with Crippen molar-refractivity contribution in [2.75, 3.05) is 66.4 Å². The van der Waals surface area contributed by atoms with Gasteiger partial charge >= 0.3 is 0 Å². The Bertz CT molecular complexity index is 156. The molecule has 18 heavy (non-hydrogen) atoms. The van der Waals surface area contributed by atoms with Gasteiger partial charge in [0.2, 0.25) is 0 Å². The molecular weight excluding hydrogens is 234 g/mol. The number of rotatable bonds is 14. The normalized spacial score (nSPS) is 11.3. The highest BCUT2D eigenvalue weighted by Crippen LogP contribution is 1.90. The van der Waals surface area contributed by atoms with Gasteiger partial charge in [-0.2, -0.15) is 0 Å². The minimum Gasteiger partial charge on any atom is -0.382 e. The van der Waals surface area contributed by atoms with Crippen molar-refractivity contribution >= 4 is 0 Å². The molecule has 0 aliphatic heterocycles. The first-order chi connectivity index (χ1) is 8.77. The average molecular weight is 263 g/mol. The fourth-order valence-electron chi connectivity index (χ4n) is 1.20. The summed E-state index contributed by atoms with van der Waals surface area (Å²) in [7, 11) is 1.66. The largest absolute Gasteiger partial charge is 0.382 e. The van der Waals surface area contributed by atoms with Crippen molar-refractivity contribution < 1.29 is 18.9 Å². The monoisotopic (exact) mass is 263 g/mol. The average Bonchev–Trinajstić information content (AvgIpc) is 2.34. The maximum Gasteiger partial charge on any atom is 0.0701 e. The van der Waals surface area contributed by atoms with Crippen molar-refractivity contribution in [1.82, 2.24) is 5.32 Å². The van der Waals surface area contributed by atoms with Crippen molar-refractivity contribution in [1.29, 1.82) is 0 Å². The van der Waals surface area contributed by atoms with Crippen molar-refractivity contribution in [2.24, 2.45) is 5.92 Å². The van der Waals surface area contributed by atoms with Crippen LogP contribution in [0.25, 0.3) is 0 Å². The quantitative estimate of drug-likeness (QED) is 0.472. The zero-order chi connectivity index (χ0) is 13.5. The van der Waals surface area contributed by atoms with E-state index in [-0.39, 0.29) is 0 Å². The molecule has 110 valence electrons. The summed E-state index contributed by atoms with van der Waals surface area (Å²) >= 11 is 0. The Morgan fingerprint density at radius 1 is 0.778 bits per heavy atom. The smallest absolute Gasteiger partial charge is 0.0701 e. The maximum absolute atomic E-state index is 5.44. The van der Waals surface area contributed by atoms with Gasteiger partial charge in [0, 0.05) is 26.8 Å². The lowest BCUT2D eigenvalue weighted by molar-refractivity contribution is 0.0252. The molecule has 0 aliphatic carbocycles. The molecule has 5 nitrogen and oxygen atoms in total. The third-order valence-corrected chi connectivity index (χ3v) is 2.10. The highest BCUT2D eigenvalue weighted by Gasteiger charge is 1.94. The second-order valence-corrected chi connectivity index (χ2v) is 4.44. The topological polar surface area (TPSA) is 49.0 Å². The standard InChI is InChI=1S/C13H29NO4/c1-13(2)12-18-7-5-14-4-6-16-10-11-17-9-8-15-3/h13-14H,4-12H2,1-3H3. The number of nitrogens with one attached hydrogen (secondary N) is 1. The van der Waals surface area contributed by atoms with E-state index in [1.165, 1.54) is 0 Å². The van der Waals surface area contributed by atoms with Gasteiger partial charge in [0.15, 0.2) is 0 Å². The lowest BCUT2D eigenvalue weighted by Gasteiger charge is -2.08. The SMILES string of the molecule is COCCOCCOCCNCCOCC(C)C. The van der Waals surface area contributed by atoms with Crippen LogP contribution in [0.3, 0.4) is 0 Å². The summed E-state index contributed by atoms with van der Waals surface area (Å²) in [6.45, 7) is 10.8. The van der Waals surface area contributed by atoms with Crippen LogP contribution in [0.4, 0.5) is 0 Å². The van der Waals surface area contributed by atoms with Crippen LogP contribution in [0, 0.1) is 5.92 Å². The molecule has 5 heteroatoms. The zero-order valence-corrected chi connectivity index (χ0v) is 12.1. The molecule has 0 bridgehead atoms. The third kappa shape index (κ3) is 15.8. The second kappa shape index (κ2) is 14.9. The first kappa shape index (κ1) is 17.8. The van der Waals surface area contributed by atoms with Gasteiger partial charge in [-0.25, -0.2) is 0 Å². The fraction of sp³-hybridized carbons (Fsp3) is 1.00. The summed E-state index contributed by atoms with van der Waals surface area (Å²) in [5.74, 6) is 0.603. The van der Waals surface area contributed by atoms with Crippen molar-refractivity contribution in [3.63, 3.8) is 0 Å². The third-order valence-electron chi connectivity index (χ3n) is 2.10. The molecule has 0 radical (unpaired) electrons. The van der Waals surface area contributed by atoms with E-state index in [9.17, 15) is 0 Å².